The van der Waals surface area contributed by atoms with E-state index in [1.165, 1.54) is 12.1 Å². The van der Waals surface area contributed by atoms with Gasteiger partial charge >= 0.3 is 6.09 Å². The molecule has 1 aliphatic rings. The maximum absolute atomic E-state index is 13.5. The minimum absolute atomic E-state index is 0.183. The number of piperidine rings is 1. The molecule has 0 saturated carbocycles. The topological polar surface area (TPSA) is 55.3 Å². The Hall–Kier alpha value is -2.50. The van der Waals surface area contributed by atoms with Gasteiger partial charge in [-0.15, -0.1) is 0 Å². The van der Waals surface area contributed by atoms with Crippen LogP contribution in [0.2, 0.25) is 0 Å². The van der Waals surface area contributed by atoms with Crippen molar-refractivity contribution in [2.45, 2.75) is 45.1 Å². The van der Waals surface area contributed by atoms with Crippen molar-refractivity contribution in [1.29, 1.82) is 0 Å². The summed E-state index contributed by atoms with van der Waals surface area (Å²) < 4.78 is 18.9. The summed E-state index contributed by atoms with van der Waals surface area (Å²) in [5, 5.41) is 0. The van der Waals surface area contributed by atoms with Gasteiger partial charge in [-0.3, -0.25) is 0 Å². The molecule has 0 aliphatic carbocycles. The largest absolute Gasteiger partial charge is 0.444 e. The molecule has 0 bridgehead atoms. The van der Waals surface area contributed by atoms with Crippen LogP contribution in [0.4, 0.5) is 9.18 Å². The summed E-state index contributed by atoms with van der Waals surface area (Å²) in [6, 6.07) is 8.18. The third-order valence-corrected chi connectivity index (χ3v) is 4.31. The monoisotopic (exact) mass is 357 g/mol. The Morgan fingerprint density at radius 1 is 1.23 bits per heavy atom. The molecule has 2 aromatic rings. The molecule has 1 fully saturated rings. The fraction of sp³-hybridized carbons (Fsp3) is 0.450. The number of halogens is 1. The quantitative estimate of drug-likeness (QED) is 0.799. The molecular formula is C20H24FN3O2. The molecule has 0 radical (unpaired) electrons. The number of ether oxygens (including phenoxy) is 1. The molecule has 6 heteroatoms. The predicted octanol–water partition coefficient (Wildman–Crippen LogP) is 4.40. The Bertz CT molecular complexity index is 781. The summed E-state index contributed by atoms with van der Waals surface area (Å²) in [5.74, 6) is 0.645. The van der Waals surface area contributed by atoms with E-state index in [1.807, 2.05) is 26.8 Å². The minimum atomic E-state index is -0.490. The highest BCUT2D eigenvalue weighted by molar-refractivity contribution is 5.68. The van der Waals surface area contributed by atoms with Crippen LogP contribution in [0.5, 0.6) is 0 Å². The molecule has 1 aliphatic heterocycles. The van der Waals surface area contributed by atoms with E-state index < -0.39 is 5.60 Å². The normalized spacial score (nSPS) is 15.8. The highest BCUT2D eigenvalue weighted by atomic mass is 19.1. The molecule has 1 aromatic heterocycles. The average molecular weight is 357 g/mol. The van der Waals surface area contributed by atoms with E-state index in [2.05, 4.69) is 9.97 Å². The van der Waals surface area contributed by atoms with Crippen LogP contribution in [0.1, 0.15) is 45.4 Å². The van der Waals surface area contributed by atoms with Crippen molar-refractivity contribution in [2.24, 2.45) is 0 Å². The van der Waals surface area contributed by atoms with Gasteiger partial charge < -0.3 is 9.64 Å². The zero-order chi connectivity index (χ0) is 18.7. The Kier molecular flexibility index (Phi) is 5.20. The molecule has 0 unspecified atom stereocenters. The first-order valence-electron chi connectivity index (χ1n) is 8.88. The number of aromatic nitrogens is 2. The van der Waals surface area contributed by atoms with Crippen LogP contribution in [0.3, 0.4) is 0 Å². The maximum Gasteiger partial charge on any atom is 0.410 e. The Labute approximate surface area is 153 Å². The lowest BCUT2D eigenvalue weighted by Gasteiger charge is -2.33. The lowest BCUT2D eigenvalue weighted by atomic mass is 9.96. The van der Waals surface area contributed by atoms with Crippen LogP contribution in [-0.4, -0.2) is 39.7 Å². The van der Waals surface area contributed by atoms with Crippen LogP contribution < -0.4 is 0 Å². The van der Waals surface area contributed by atoms with Crippen molar-refractivity contribution < 1.29 is 13.9 Å². The lowest BCUT2D eigenvalue weighted by Crippen LogP contribution is -2.41. The number of nitrogens with zero attached hydrogens (tertiary/aromatic N) is 3. The lowest BCUT2D eigenvalue weighted by molar-refractivity contribution is 0.0203. The summed E-state index contributed by atoms with van der Waals surface area (Å²) in [7, 11) is 0. The number of likely N-dealkylation sites (tertiary alicyclic amines) is 1. The second kappa shape index (κ2) is 7.40. The van der Waals surface area contributed by atoms with E-state index in [0.29, 0.717) is 18.8 Å². The van der Waals surface area contributed by atoms with Gasteiger partial charge in [-0.25, -0.2) is 19.2 Å². The van der Waals surface area contributed by atoms with Crippen molar-refractivity contribution in [2.75, 3.05) is 13.1 Å². The number of carbonyl (C=O) groups is 1. The van der Waals surface area contributed by atoms with Crippen molar-refractivity contribution in [3.63, 3.8) is 0 Å². The highest BCUT2D eigenvalue weighted by Crippen LogP contribution is 2.28. The van der Waals surface area contributed by atoms with Crippen molar-refractivity contribution in [3.05, 3.63) is 48.2 Å². The second-order valence-electron chi connectivity index (χ2n) is 7.55. The van der Waals surface area contributed by atoms with Gasteiger partial charge in [0.15, 0.2) is 0 Å². The Morgan fingerprint density at radius 2 is 1.96 bits per heavy atom. The maximum atomic E-state index is 13.5. The van der Waals surface area contributed by atoms with E-state index in [-0.39, 0.29) is 17.8 Å². The van der Waals surface area contributed by atoms with Crippen LogP contribution in [0.25, 0.3) is 11.3 Å². The number of hydrogen-bond donors (Lipinski definition) is 0. The van der Waals surface area contributed by atoms with E-state index in [4.69, 9.17) is 4.74 Å². The Morgan fingerprint density at radius 3 is 2.62 bits per heavy atom. The number of carbonyl (C=O) groups excluding carboxylic acids is 1. The number of amides is 1. The van der Waals surface area contributed by atoms with Gasteiger partial charge in [0.1, 0.15) is 17.2 Å². The van der Waals surface area contributed by atoms with E-state index in [9.17, 15) is 9.18 Å². The summed E-state index contributed by atoms with van der Waals surface area (Å²) in [6.07, 6.45) is 3.01. The Balaban J connectivity index is 1.67. The third kappa shape index (κ3) is 4.56. The molecule has 5 nitrogen and oxygen atoms in total. The molecule has 2 heterocycles. The summed E-state index contributed by atoms with van der Waals surface area (Å²) >= 11 is 0. The molecule has 1 saturated heterocycles. The molecule has 1 amide bonds. The van der Waals surface area contributed by atoms with Crippen LogP contribution in [0, 0.1) is 5.82 Å². The smallest absolute Gasteiger partial charge is 0.410 e. The summed E-state index contributed by atoms with van der Waals surface area (Å²) in [4.78, 5) is 22.9. The second-order valence-corrected chi connectivity index (χ2v) is 7.55. The fourth-order valence-corrected chi connectivity index (χ4v) is 3.03. The van der Waals surface area contributed by atoms with Gasteiger partial charge in [-0.2, -0.15) is 0 Å². The number of hydrogen-bond acceptors (Lipinski definition) is 4. The van der Waals surface area contributed by atoms with E-state index in [0.717, 1.165) is 24.2 Å². The molecule has 3 rings (SSSR count). The van der Waals surface area contributed by atoms with Gasteiger partial charge in [0.25, 0.3) is 0 Å². The standard InChI is InChI=1S/C20H24FN3O2/c1-20(2,3)26-19(25)24-11-8-14(9-12-24)18-22-10-7-17(23-18)15-5-4-6-16(21)13-15/h4-7,10,13-14H,8-9,11-12H2,1-3H3. The summed E-state index contributed by atoms with van der Waals surface area (Å²) in [6.45, 7) is 6.83. The van der Waals surface area contributed by atoms with Crippen LogP contribution in [-0.2, 0) is 4.74 Å². The molecule has 26 heavy (non-hydrogen) atoms. The molecule has 0 atom stereocenters. The zero-order valence-corrected chi connectivity index (χ0v) is 15.4. The number of benzene rings is 1. The molecule has 0 spiro atoms. The first-order valence-corrected chi connectivity index (χ1v) is 8.88. The van der Waals surface area contributed by atoms with Crippen LogP contribution >= 0.6 is 0 Å². The van der Waals surface area contributed by atoms with E-state index in [1.54, 1.807) is 23.2 Å². The molecule has 0 N–H and O–H groups in total. The zero-order valence-electron chi connectivity index (χ0n) is 15.4. The van der Waals surface area contributed by atoms with Gasteiger partial charge in [-0.05, 0) is 51.8 Å². The number of rotatable bonds is 2. The van der Waals surface area contributed by atoms with E-state index >= 15 is 0 Å². The summed E-state index contributed by atoms with van der Waals surface area (Å²) in [5.41, 5.74) is 0.958. The fourth-order valence-electron chi connectivity index (χ4n) is 3.03. The average Bonchev–Trinajstić information content (AvgIpc) is 2.60. The van der Waals surface area contributed by atoms with Crippen molar-refractivity contribution in [3.8, 4) is 11.3 Å². The van der Waals surface area contributed by atoms with Gasteiger partial charge in [0, 0.05) is 30.8 Å². The molecule has 1 aromatic carbocycles. The SMILES string of the molecule is CC(C)(C)OC(=O)N1CCC(c2nccc(-c3cccc(F)c3)n2)CC1. The van der Waals surface area contributed by atoms with Gasteiger partial charge in [-0.1, -0.05) is 12.1 Å². The van der Waals surface area contributed by atoms with Gasteiger partial charge in [0.05, 0.1) is 5.69 Å². The minimum Gasteiger partial charge on any atom is -0.444 e. The first-order chi connectivity index (χ1) is 12.3. The van der Waals surface area contributed by atoms with Gasteiger partial charge in [0.2, 0.25) is 0 Å². The highest BCUT2D eigenvalue weighted by Gasteiger charge is 2.28. The van der Waals surface area contributed by atoms with Crippen molar-refractivity contribution in [1.82, 2.24) is 14.9 Å². The molecular weight excluding hydrogens is 333 g/mol. The first kappa shape index (κ1) is 18.3. The molecule has 138 valence electrons. The van der Waals surface area contributed by atoms with Crippen molar-refractivity contribution >= 4 is 6.09 Å². The predicted molar refractivity (Wildman–Crippen MR) is 97.2 cm³/mol. The third-order valence-electron chi connectivity index (χ3n) is 4.31. The van der Waals surface area contributed by atoms with Crippen LogP contribution in [0.15, 0.2) is 36.5 Å².